The van der Waals surface area contributed by atoms with Gasteiger partial charge in [-0.1, -0.05) is 25.4 Å². The Morgan fingerprint density at radius 3 is 2.74 bits per heavy atom. The van der Waals surface area contributed by atoms with Gasteiger partial charge in [0.15, 0.2) is 5.76 Å². The van der Waals surface area contributed by atoms with E-state index in [-0.39, 0.29) is 5.90 Å². The Balaban J connectivity index is 2.15. The third-order valence-electron chi connectivity index (χ3n) is 3.13. The van der Waals surface area contributed by atoms with Crippen molar-refractivity contribution in [1.82, 2.24) is 0 Å². The first-order valence-electron chi connectivity index (χ1n) is 7.71. The first-order chi connectivity index (χ1) is 11.0. The number of benzene rings is 1. The molecule has 0 atom stereocenters. The Labute approximate surface area is 141 Å². The van der Waals surface area contributed by atoms with Crippen LogP contribution in [0.25, 0.3) is 0 Å². The molecule has 4 nitrogen and oxygen atoms in total. The van der Waals surface area contributed by atoms with Crippen LogP contribution in [0.3, 0.4) is 0 Å². The van der Waals surface area contributed by atoms with E-state index in [9.17, 15) is 0 Å². The van der Waals surface area contributed by atoms with Gasteiger partial charge in [-0.2, -0.15) is 0 Å². The maximum absolute atomic E-state index is 7.75. The van der Waals surface area contributed by atoms with Gasteiger partial charge in [0.1, 0.15) is 11.5 Å². The smallest absolute Gasteiger partial charge is 0.250 e. The Morgan fingerprint density at radius 2 is 2.04 bits per heavy atom. The molecule has 0 fully saturated rings. The van der Waals surface area contributed by atoms with E-state index < -0.39 is 0 Å². The molecule has 0 aliphatic carbocycles. The molecule has 124 valence electrons. The third kappa shape index (κ3) is 5.03. The molecule has 0 saturated carbocycles. The van der Waals surface area contributed by atoms with Crippen molar-refractivity contribution >= 4 is 17.5 Å². The van der Waals surface area contributed by atoms with Crippen LogP contribution in [0, 0.1) is 11.3 Å². The van der Waals surface area contributed by atoms with Gasteiger partial charge in [0, 0.05) is 17.0 Å². The topological polar surface area (TPSA) is 55.5 Å². The van der Waals surface area contributed by atoms with Crippen LogP contribution in [0.4, 0.5) is 0 Å². The predicted octanol–water partition coefficient (Wildman–Crippen LogP) is 4.92. The minimum absolute atomic E-state index is 0.0427. The molecule has 1 N–H and O–H groups in total. The highest BCUT2D eigenvalue weighted by Gasteiger charge is 2.12. The van der Waals surface area contributed by atoms with Crippen molar-refractivity contribution in [3.05, 3.63) is 52.4 Å². The summed E-state index contributed by atoms with van der Waals surface area (Å²) in [6, 6.07) is 9.17. The molecule has 1 aromatic heterocycles. The van der Waals surface area contributed by atoms with E-state index >= 15 is 0 Å². The quantitative estimate of drug-likeness (QED) is 0.577. The van der Waals surface area contributed by atoms with Crippen molar-refractivity contribution in [3.63, 3.8) is 0 Å². The molecule has 1 aromatic carbocycles. The van der Waals surface area contributed by atoms with Crippen LogP contribution in [0.5, 0.6) is 5.75 Å². The van der Waals surface area contributed by atoms with Gasteiger partial charge in [-0.3, -0.25) is 5.41 Å². The molecule has 23 heavy (non-hydrogen) atoms. The molecule has 0 bridgehead atoms. The van der Waals surface area contributed by atoms with Gasteiger partial charge in [0.2, 0.25) is 5.90 Å². The molecular weight excluding hydrogens is 314 g/mol. The summed E-state index contributed by atoms with van der Waals surface area (Å²) in [6.07, 6.45) is 0.549. The lowest BCUT2D eigenvalue weighted by Gasteiger charge is -2.13. The molecule has 0 spiro atoms. The van der Waals surface area contributed by atoms with Crippen molar-refractivity contribution in [3.8, 4) is 5.75 Å². The van der Waals surface area contributed by atoms with E-state index in [1.807, 2.05) is 31.2 Å². The van der Waals surface area contributed by atoms with E-state index in [1.54, 1.807) is 6.07 Å². The molecule has 5 heteroatoms. The predicted molar refractivity (Wildman–Crippen MR) is 91.8 cm³/mol. The van der Waals surface area contributed by atoms with E-state index in [1.165, 1.54) is 0 Å². The monoisotopic (exact) mass is 335 g/mol. The molecule has 0 amide bonds. The lowest BCUT2D eigenvalue weighted by Crippen LogP contribution is -2.06. The lowest BCUT2D eigenvalue weighted by molar-refractivity contribution is 0.268. The number of halogens is 1. The first-order valence-corrected chi connectivity index (χ1v) is 8.09. The highest BCUT2D eigenvalue weighted by atomic mass is 35.5. The fourth-order valence-corrected chi connectivity index (χ4v) is 2.28. The molecule has 2 rings (SSSR count). The summed E-state index contributed by atoms with van der Waals surface area (Å²) < 4.78 is 16.7. The number of hydrogen-bond donors (Lipinski definition) is 1. The summed E-state index contributed by atoms with van der Waals surface area (Å²) in [7, 11) is 0. The Hall–Kier alpha value is -1.94. The lowest BCUT2D eigenvalue weighted by atomic mass is 10.1. The summed E-state index contributed by atoms with van der Waals surface area (Å²) in [5.74, 6) is 2.46. The first kappa shape index (κ1) is 17.4. The number of hydrogen-bond acceptors (Lipinski definition) is 4. The zero-order valence-corrected chi connectivity index (χ0v) is 14.4. The Morgan fingerprint density at radius 1 is 1.26 bits per heavy atom. The summed E-state index contributed by atoms with van der Waals surface area (Å²) in [4.78, 5) is 0. The summed E-state index contributed by atoms with van der Waals surface area (Å²) >= 11 is 6.10. The Bertz CT molecular complexity index is 664. The summed E-state index contributed by atoms with van der Waals surface area (Å²) in [5.41, 5.74) is 0.960. The highest BCUT2D eigenvalue weighted by molar-refractivity contribution is 6.30. The van der Waals surface area contributed by atoms with Crippen molar-refractivity contribution in [2.24, 2.45) is 5.92 Å². The van der Waals surface area contributed by atoms with Gasteiger partial charge < -0.3 is 13.9 Å². The normalized spacial score (nSPS) is 10.8. The van der Waals surface area contributed by atoms with Gasteiger partial charge in [0.25, 0.3) is 0 Å². The van der Waals surface area contributed by atoms with Crippen molar-refractivity contribution in [1.29, 1.82) is 5.41 Å². The van der Waals surface area contributed by atoms with Crippen molar-refractivity contribution < 1.29 is 13.9 Å². The standard InChI is InChI=1S/C18H22ClNO3/c1-4-21-18(20)17-8-6-15(23-17)10-13-9-14(19)5-7-16(13)22-11-12(2)3/h5-9,12,20H,4,10-11H2,1-3H3. The largest absolute Gasteiger partial charge is 0.493 e. The molecule has 2 aromatic rings. The fraction of sp³-hybridized carbons (Fsp3) is 0.389. The highest BCUT2D eigenvalue weighted by Crippen LogP contribution is 2.26. The van der Waals surface area contributed by atoms with E-state index in [0.717, 1.165) is 17.1 Å². The third-order valence-corrected chi connectivity index (χ3v) is 3.37. The maximum atomic E-state index is 7.75. The van der Waals surface area contributed by atoms with Crippen LogP contribution >= 0.6 is 11.6 Å². The molecule has 0 aliphatic rings. The maximum Gasteiger partial charge on any atom is 0.250 e. The van der Waals surface area contributed by atoms with Crippen LogP contribution in [-0.4, -0.2) is 19.1 Å². The minimum atomic E-state index is 0.0427. The summed E-state index contributed by atoms with van der Waals surface area (Å²) in [5, 5.41) is 8.41. The number of rotatable bonds is 7. The second kappa shape index (κ2) is 8.06. The molecule has 0 radical (unpaired) electrons. The Kier molecular flexibility index (Phi) is 6.11. The van der Waals surface area contributed by atoms with E-state index in [2.05, 4.69) is 13.8 Å². The van der Waals surface area contributed by atoms with Crippen LogP contribution in [0.2, 0.25) is 5.02 Å². The number of nitrogens with one attached hydrogen (secondary N) is 1. The molecule has 0 aliphatic heterocycles. The number of furan rings is 1. The van der Waals surface area contributed by atoms with Crippen molar-refractivity contribution in [2.45, 2.75) is 27.2 Å². The molecule has 1 heterocycles. The van der Waals surface area contributed by atoms with Gasteiger partial charge in [0.05, 0.1) is 13.2 Å². The minimum Gasteiger partial charge on any atom is -0.493 e. The zero-order chi connectivity index (χ0) is 16.8. The van der Waals surface area contributed by atoms with Crippen molar-refractivity contribution in [2.75, 3.05) is 13.2 Å². The second-order valence-electron chi connectivity index (χ2n) is 5.66. The van der Waals surface area contributed by atoms with Crippen LogP contribution < -0.4 is 4.74 Å². The van der Waals surface area contributed by atoms with Gasteiger partial charge in [-0.25, -0.2) is 0 Å². The average molecular weight is 336 g/mol. The fourth-order valence-electron chi connectivity index (χ4n) is 2.08. The van der Waals surface area contributed by atoms with Gasteiger partial charge >= 0.3 is 0 Å². The zero-order valence-electron chi connectivity index (χ0n) is 13.7. The molecule has 0 saturated heterocycles. The average Bonchev–Trinajstić information content (AvgIpc) is 2.95. The number of ether oxygens (including phenoxy) is 2. The second-order valence-corrected chi connectivity index (χ2v) is 6.10. The SMILES string of the molecule is CCOC(=N)c1ccc(Cc2cc(Cl)ccc2OCC(C)C)o1. The summed E-state index contributed by atoms with van der Waals surface area (Å²) in [6.45, 7) is 7.13. The molecule has 0 unspecified atom stereocenters. The van der Waals surface area contributed by atoms with Crippen LogP contribution in [0.1, 0.15) is 37.9 Å². The van der Waals surface area contributed by atoms with Gasteiger partial charge in [-0.05, 0) is 43.2 Å². The van der Waals surface area contributed by atoms with Crippen LogP contribution in [-0.2, 0) is 11.2 Å². The van der Waals surface area contributed by atoms with Crippen LogP contribution in [0.15, 0.2) is 34.7 Å². The van der Waals surface area contributed by atoms with E-state index in [0.29, 0.717) is 36.3 Å². The van der Waals surface area contributed by atoms with Gasteiger partial charge in [-0.15, -0.1) is 0 Å². The van der Waals surface area contributed by atoms with E-state index in [4.69, 9.17) is 30.9 Å². The molecular formula is C18H22ClNO3.